The SMILES string of the molecule is CC(C)c1cccc(-c2ccc3c(c2)CCC(C)(C)[C@H]3NC(=O)O[C@@H]2CN3CCC2CC3)c1. The molecule has 33 heavy (non-hydrogen) atoms. The number of hydrogen-bond acceptors (Lipinski definition) is 3. The molecule has 1 aliphatic carbocycles. The van der Waals surface area contributed by atoms with E-state index in [0.29, 0.717) is 11.8 Å². The van der Waals surface area contributed by atoms with Crippen molar-refractivity contribution in [3.63, 3.8) is 0 Å². The van der Waals surface area contributed by atoms with Crippen LogP contribution in [0.2, 0.25) is 0 Å². The molecule has 4 nitrogen and oxygen atoms in total. The van der Waals surface area contributed by atoms with Crippen LogP contribution >= 0.6 is 0 Å². The zero-order chi connectivity index (χ0) is 23.2. The van der Waals surface area contributed by atoms with Gasteiger partial charge in [0.15, 0.2) is 0 Å². The third kappa shape index (κ3) is 4.55. The maximum Gasteiger partial charge on any atom is 0.407 e. The minimum Gasteiger partial charge on any atom is -0.445 e. The van der Waals surface area contributed by atoms with Gasteiger partial charge in [-0.25, -0.2) is 4.79 Å². The monoisotopic (exact) mass is 446 g/mol. The minimum atomic E-state index is -0.256. The molecule has 2 aromatic rings. The van der Waals surface area contributed by atoms with Crippen molar-refractivity contribution in [2.75, 3.05) is 19.6 Å². The lowest BCUT2D eigenvalue weighted by Gasteiger charge is -2.44. The Balaban J connectivity index is 1.35. The first-order valence-corrected chi connectivity index (χ1v) is 12.7. The molecular weight excluding hydrogens is 408 g/mol. The molecule has 1 N–H and O–H groups in total. The molecule has 0 saturated carbocycles. The van der Waals surface area contributed by atoms with Gasteiger partial charge >= 0.3 is 6.09 Å². The van der Waals surface area contributed by atoms with Gasteiger partial charge in [0.1, 0.15) is 6.10 Å². The summed E-state index contributed by atoms with van der Waals surface area (Å²) in [4.78, 5) is 15.4. The Kier molecular flexibility index (Phi) is 5.98. The Labute approximate surface area is 198 Å². The number of aryl methyl sites for hydroxylation is 1. The van der Waals surface area contributed by atoms with Gasteiger partial charge in [0.25, 0.3) is 0 Å². The maximum atomic E-state index is 13.0. The lowest BCUT2D eigenvalue weighted by Crippen LogP contribution is -2.53. The van der Waals surface area contributed by atoms with E-state index in [1.54, 1.807) is 0 Å². The van der Waals surface area contributed by atoms with Gasteiger partial charge in [-0.1, -0.05) is 70.2 Å². The zero-order valence-electron chi connectivity index (χ0n) is 20.6. The van der Waals surface area contributed by atoms with Gasteiger partial charge in [0, 0.05) is 6.54 Å². The quantitative estimate of drug-likeness (QED) is 0.598. The van der Waals surface area contributed by atoms with Gasteiger partial charge in [0.05, 0.1) is 6.04 Å². The highest BCUT2D eigenvalue weighted by Gasteiger charge is 2.40. The summed E-state index contributed by atoms with van der Waals surface area (Å²) in [6.07, 6.45) is 4.16. The summed E-state index contributed by atoms with van der Waals surface area (Å²) in [6, 6.07) is 15.6. The van der Waals surface area contributed by atoms with E-state index >= 15 is 0 Å². The number of benzene rings is 2. The molecule has 0 spiro atoms. The van der Waals surface area contributed by atoms with E-state index in [2.05, 4.69) is 80.4 Å². The topological polar surface area (TPSA) is 41.6 Å². The van der Waals surface area contributed by atoms with Crippen molar-refractivity contribution in [1.82, 2.24) is 10.2 Å². The van der Waals surface area contributed by atoms with Crippen molar-refractivity contribution in [2.24, 2.45) is 11.3 Å². The van der Waals surface area contributed by atoms with Crippen LogP contribution in [0, 0.1) is 11.3 Å². The molecule has 4 heteroatoms. The lowest BCUT2D eigenvalue weighted by molar-refractivity contribution is -0.0353. The largest absolute Gasteiger partial charge is 0.445 e. The van der Waals surface area contributed by atoms with E-state index in [4.69, 9.17) is 4.74 Å². The van der Waals surface area contributed by atoms with E-state index in [1.165, 1.54) is 27.8 Å². The Morgan fingerprint density at radius 3 is 2.55 bits per heavy atom. The maximum absolute atomic E-state index is 13.0. The highest BCUT2D eigenvalue weighted by Crippen LogP contribution is 2.44. The van der Waals surface area contributed by atoms with Crippen molar-refractivity contribution in [3.8, 4) is 11.1 Å². The summed E-state index contributed by atoms with van der Waals surface area (Å²) in [6.45, 7) is 12.2. The van der Waals surface area contributed by atoms with E-state index in [1.807, 2.05) is 0 Å². The van der Waals surface area contributed by atoms with Crippen LogP contribution in [0.3, 0.4) is 0 Å². The molecule has 0 unspecified atom stereocenters. The number of nitrogens with zero attached hydrogens (tertiary/aromatic N) is 1. The van der Waals surface area contributed by atoms with Crippen molar-refractivity contribution >= 4 is 6.09 Å². The van der Waals surface area contributed by atoms with Crippen molar-refractivity contribution in [3.05, 3.63) is 59.2 Å². The molecule has 2 aromatic carbocycles. The van der Waals surface area contributed by atoms with Crippen LogP contribution in [0.15, 0.2) is 42.5 Å². The van der Waals surface area contributed by atoms with Crippen molar-refractivity contribution in [2.45, 2.75) is 71.4 Å². The van der Waals surface area contributed by atoms with Crippen LogP contribution in [0.1, 0.15) is 75.6 Å². The first-order valence-electron chi connectivity index (χ1n) is 12.7. The average Bonchev–Trinajstić information content (AvgIpc) is 2.81. The third-order valence-electron chi connectivity index (χ3n) is 8.28. The summed E-state index contributed by atoms with van der Waals surface area (Å²) in [5.41, 5.74) is 6.45. The smallest absolute Gasteiger partial charge is 0.407 e. The number of ether oxygens (including phenoxy) is 1. The molecule has 0 aromatic heterocycles. The Morgan fingerprint density at radius 2 is 1.85 bits per heavy atom. The summed E-state index contributed by atoms with van der Waals surface area (Å²) in [7, 11) is 0. The highest BCUT2D eigenvalue weighted by molar-refractivity contribution is 5.70. The van der Waals surface area contributed by atoms with Gasteiger partial charge in [-0.15, -0.1) is 0 Å². The number of amides is 1. The van der Waals surface area contributed by atoms with Crippen LogP contribution in [-0.2, 0) is 11.2 Å². The molecule has 6 rings (SSSR count). The summed E-state index contributed by atoms with van der Waals surface area (Å²) < 4.78 is 5.97. The van der Waals surface area contributed by atoms with Gasteiger partial charge in [-0.2, -0.15) is 0 Å². The minimum absolute atomic E-state index is 0.0137. The predicted molar refractivity (Wildman–Crippen MR) is 133 cm³/mol. The zero-order valence-corrected chi connectivity index (χ0v) is 20.6. The molecular formula is C29H38N2O2. The number of piperidine rings is 3. The van der Waals surface area contributed by atoms with E-state index < -0.39 is 0 Å². The van der Waals surface area contributed by atoms with Crippen LogP contribution in [0.4, 0.5) is 4.79 Å². The summed E-state index contributed by atoms with van der Waals surface area (Å²) in [5, 5.41) is 3.28. The van der Waals surface area contributed by atoms with Gasteiger partial charge in [0.2, 0.25) is 0 Å². The fourth-order valence-electron chi connectivity index (χ4n) is 5.99. The second-order valence-corrected chi connectivity index (χ2v) is 11.3. The summed E-state index contributed by atoms with van der Waals surface area (Å²) in [5.74, 6) is 1.04. The normalized spacial score (nSPS) is 27.8. The molecule has 2 atom stereocenters. The van der Waals surface area contributed by atoms with Crippen LogP contribution in [0.25, 0.3) is 11.1 Å². The molecule has 4 aliphatic rings. The molecule has 0 radical (unpaired) electrons. The van der Waals surface area contributed by atoms with E-state index in [9.17, 15) is 4.79 Å². The first-order chi connectivity index (χ1) is 15.8. The van der Waals surface area contributed by atoms with Gasteiger partial charge in [-0.3, -0.25) is 4.90 Å². The van der Waals surface area contributed by atoms with Gasteiger partial charge < -0.3 is 10.1 Å². The molecule has 3 aliphatic heterocycles. The van der Waals surface area contributed by atoms with Gasteiger partial charge in [-0.05, 0) is 83.8 Å². The second kappa shape index (κ2) is 8.79. The lowest BCUT2D eigenvalue weighted by atomic mass is 9.70. The fraction of sp³-hybridized carbons (Fsp3) is 0.552. The number of nitrogens with one attached hydrogen (secondary N) is 1. The standard InChI is InChI=1S/C29H38N2O2/c1-19(2)21-6-5-7-22(16-21)23-8-9-25-24(17-23)10-13-29(3,4)27(25)30-28(32)33-26-18-31-14-11-20(26)12-15-31/h5-9,16-17,19-20,26-27H,10-15,18H2,1-4H3,(H,30,32)/t26-,27+/m1/s1. The van der Waals surface area contributed by atoms with E-state index in [-0.39, 0.29) is 23.7 Å². The first kappa shape index (κ1) is 22.5. The van der Waals surface area contributed by atoms with Crippen LogP contribution in [-0.4, -0.2) is 36.7 Å². The number of carbonyl (C=O) groups excluding carboxylic acids is 1. The van der Waals surface area contributed by atoms with Crippen molar-refractivity contribution in [1.29, 1.82) is 0 Å². The molecule has 3 saturated heterocycles. The Bertz CT molecular complexity index is 1020. The fourth-order valence-corrected chi connectivity index (χ4v) is 5.99. The molecule has 176 valence electrons. The number of fused-ring (bicyclic) bond motifs is 4. The summed E-state index contributed by atoms with van der Waals surface area (Å²) >= 11 is 0. The number of alkyl carbamates (subject to hydrolysis) is 1. The van der Waals surface area contributed by atoms with Crippen LogP contribution < -0.4 is 5.32 Å². The average molecular weight is 447 g/mol. The second-order valence-electron chi connectivity index (χ2n) is 11.3. The third-order valence-corrected chi connectivity index (χ3v) is 8.28. The molecule has 2 bridgehead atoms. The predicted octanol–water partition coefficient (Wildman–Crippen LogP) is 6.31. The Morgan fingerprint density at radius 1 is 1.09 bits per heavy atom. The molecule has 3 heterocycles. The van der Waals surface area contributed by atoms with Crippen LogP contribution in [0.5, 0.6) is 0 Å². The molecule has 1 amide bonds. The number of hydrogen-bond donors (Lipinski definition) is 1. The Hall–Kier alpha value is -2.33. The number of rotatable bonds is 4. The molecule has 3 fully saturated rings. The van der Waals surface area contributed by atoms with E-state index in [0.717, 1.165) is 45.3 Å². The highest BCUT2D eigenvalue weighted by atomic mass is 16.6. The van der Waals surface area contributed by atoms with Crippen molar-refractivity contribution < 1.29 is 9.53 Å². The number of carbonyl (C=O) groups is 1.